The normalized spacial score (nSPS) is 12.8. The van der Waals surface area contributed by atoms with Crippen LogP contribution in [-0.4, -0.2) is 4.98 Å². The Hall–Kier alpha value is -1.45. The smallest absolute Gasteiger partial charge is 0.0708 e. The Balaban J connectivity index is 2.35. The Labute approximate surface area is 115 Å². The van der Waals surface area contributed by atoms with E-state index in [1.807, 2.05) is 13.0 Å². The van der Waals surface area contributed by atoms with Crippen LogP contribution < -0.4 is 11.3 Å². The number of aromatic nitrogens is 1. The van der Waals surface area contributed by atoms with Crippen LogP contribution in [-0.2, 0) is 0 Å². The lowest BCUT2D eigenvalue weighted by molar-refractivity contribution is 0.489. The van der Waals surface area contributed by atoms with Gasteiger partial charge in [0.05, 0.1) is 5.52 Å². The average molecular weight is 257 g/mol. The van der Waals surface area contributed by atoms with Crippen LogP contribution in [0.1, 0.15) is 49.9 Å². The number of nitrogens with zero attached hydrogens (tertiary/aromatic N) is 1. The Kier molecular flexibility index (Phi) is 4.88. The lowest BCUT2D eigenvalue weighted by Crippen LogP contribution is -2.28. The summed E-state index contributed by atoms with van der Waals surface area (Å²) in [5.74, 6) is 5.76. The van der Waals surface area contributed by atoms with Crippen molar-refractivity contribution in [1.29, 1.82) is 0 Å². The molecule has 0 amide bonds. The molecule has 1 atom stereocenters. The van der Waals surface area contributed by atoms with E-state index in [4.69, 9.17) is 5.84 Å². The summed E-state index contributed by atoms with van der Waals surface area (Å²) < 4.78 is 0. The summed E-state index contributed by atoms with van der Waals surface area (Å²) in [4.78, 5) is 4.58. The fourth-order valence-corrected chi connectivity index (χ4v) is 2.56. The monoisotopic (exact) mass is 257 g/mol. The lowest BCUT2D eigenvalue weighted by atomic mass is 9.97. The zero-order chi connectivity index (χ0) is 13.7. The molecule has 1 heterocycles. The minimum absolute atomic E-state index is 0.207. The molecule has 2 aromatic rings. The third kappa shape index (κ3) is 3.31. The summed E-state index contributed by atoms with van der Waals surface area (Å²) in [6.07, 6.45) is 4.74. The maximum atomic E-state index is 5.76. The van der Waals surface area contributed by atoms with E-state index in [2.05, 4.69) is 41.6 Å². The summed E-state index contributed by atoms with van der Waals surface area (Å²) in [6, 6.07) is 10.6. The molecule has 0 radical (unpaired) electrons. The van der Waals surface area contributed by atoms with Crippen molar-refractivity contribution in [2.24, 2.45) is 5.84 Å². The van der Waals surface area contributed by atoms with Gasteiger partial charge < -0.3 is 0 Å². The van der Waals surface area contributed by atoms with E-state index < -0.39 is 0 Å². The van der Waals surface area contributed by atoms with E-state index >= 15 is 0 Å². The molecule has 0 saturated heterocycles. The summed E-state index contributed by atoms with van der Waals surface area (Å²) in [5.41, 5.74) is 6.33. The minimum Gasteiger partial charge on any atom is -0.271 e. The molecule has 2 rings (SSSR count). The number of rotatable bonds is 6. The van der Waals surface area contributed by atoms with Gasteiger partial charge in [-0.05, 0) is 31.0 Å². The predicted octanol–water partition coefficient (Wildman–Crippen LogP) is 3.63. The number of nitrogens with two attached hydrogens (primary N) is 1. The van der Waals surface area contributed by atoms with Crippen LogP contribution in [0.5, 0.6) is 0 Å². The van der Waals surface area contributed by atoms with Gasteiger partial charge in [0.1, 0.15) is 0 Å². The Morgan fingerprint density at radius 1 is 1.26 bits per heavy atom. The van der Waals surface area contributed by atoms with Crippen LogP contribution >= 0.6 is 0 Å². The van der Waals surface area contributed by atoms with Crippen LogP contribution in [0.15, 0.2) is 30.3 Å². The highest BCUT2D eigenvalue weighted by Crippen LogP contribution is 2.27. The van der Waals surface area contributed by atoms with Gasteiger partial charge in [0.15, 0.2) is 0 Å². The van der Waals surface area contributed by atoms with Gasteiger partial charge in [-0.1, -0.05) is 44.4 Å². The van der Waals surface area contributed by atoms with Gasteiger partial charge in [-0.2, -0.15) is 0 Å². The van der Waals surface area contributed by atoms with Gasteiger partial charge in [0.25, 0.3) is 0 Å². The minimum atomic E-state index is 0.207. The highest BCUT2D eigenvalue weighted by Gasteiger charge is 2.13. The van der Waals surface area contributed by atoms with E-state index in [9.17, 15) is 0 Å². The molecule has 1 aromatic heterocycles. The number of fused-ring (bicyclic) bond motifs is 1. The quantitative estimate of drug-likeness (QED) is 0.472. The van der Waals surface area contributed by atoms with Crippen molar-refractivity contribution in [3.63, 3.8) is 0 Å². The fourth-order valence-electron chi connectivity index (χ4n) is 2.56. The number of hydrogen-bond acceptors (Lipinski definition) is 3. The highest BCUT2D eigenvalue weighted by molar-refractivity contribution is 5.82. The topological polar surface area (TPSA) is 50.9 Å². The first-order valence-corrected chi connectivity index (χ1v) is 7.08. The van der Waals surface area contributed by atoms with Crippen LogP contribution in [0.4, 0.5) is 0 Å². The molecule has 0 aliphatic rings. The number of pyridine rings is 1. The van der Waals surface area contributed by atoms with E-state index in [0.29, 0.717) is 0 Å². The second-order valence-corrected chi connectivity index (χ2v) is 5.09. The van der Waals surface area contributed by atoms with Crippen molar-refractivity contribution in [3.8, 4) is 0 Å². The molecule has 102 valence electrons. The van der Waals surface area contributed by atoms with E-state index in [1.54, 1.807) is 0 Å². The number of unbranched alkanes of at least 4 members (excludes halogenated alkanes) is 2. The van der Waals surface area contributed by atoms with Gasteiger partial charge in [-0.25, -0.2) is 0 Å². The molecule has 0 aliphatic carbocycles. The first kappa shape index (κ1) is 14.0. The van der Waals surface area contributed by atoms with Crippen LogP contribution in [0.25, 0.3) is 10.9 Å². The molecule has 0 saturated carbocycles. The Morgan fingerprint density at radius 2 is 2.05 bits per heavy atom. The highest BCUT2D eigenvalue weighted by atomic mass is 15.2. The molecule has 3 N–H and O–H groups in total. The van der Waals surface area contributed by atoms with Crippen LogP contribution in [0, 0.1) is 6.92 Å². The van der Waals surface area contributed by atoms with E-state index in [0.717, 1.165) is 17.6 Å². The second-order valence-electron chi connectivity index (χ2n) is 5.09. The molecule has 0 aliphatic heterocycles. The summed E-state index contributed by atoms with van der Waals surface area (Å²) in [6.45, 7) is 4.26. The van der Waals surface area contributed by atoms with Gasteiger partial charge in [-0.3, -0.25) is 16.3 Å². The summed E-state index contributed by atoms with van der Waals surface area (Å²) in [5, 5.41) is 1.20. The van der Waals surface area contributed by atoms with E-state index in [-0.39, 0.29) is 6.04 Å². The molecule has 0 bridgehead atoms. The summed E-state index contributed by atoms with van der Waals surface area (Å²) in [7, 11) is 0. The average Bonchev–Trinajstić information content (AvgIpc) is 2.43. The Morgan fingerprint density at radius 3 is 2.79 bits per heavy atom. The summed E-state index contributed by atoms with van der Waals surface area (Å²) >= 11 is 0. The molecule has 1 aromatic carbocycles. The number of aryl methyl sites for hydroxylation is 1. The van der Waals surface area contributed by atoms with Crippen molar-refractivity contribution in [2.75, 3.05) is 0 Å². The molecule has 0 spiro atoms. The maximum Gasteiger partial charge on any atom is 0.0708 e. The number of benzene rings is 1. The van der Waals surface area contributed by atoms with Crippen molar-refractivity contribution in [2.45, 2.75) is 45.6 Å². The third-order valence-electron chi connectivity index (χ3n) is 3.55. The van der Waals surface area contributed by atoms with Crippen molar-refractivity contribution < 1.29 is 0 Å². The number of para-hydroxylation sites is 1. The molecular weight excluding hydrogens is 234 g/mol. The van der Waals surface area contributed by atoms with Gasteiger partial charge in [0.2, 0.25) is 0 Å². The van der Waals surface area contributed by atoms with Crippen molar-refractivity contribution in [1.82, 2.24) is 10.4 Å². The van der Waals surface area contributed by atoms with Crippen molar-refractivity contribution >= 4 is 10.9 Å². The molecule has 3 nitrogen and oxygen atoms in total. The zero-order valence-corrected chi connectivity index (χ0v) is 11.8. The number of hydrogen-bond donors (Lipinski definition) is 2. The van der Waals surface area contributed by atoms with Gasteiger partial charge in [-0.15, -0.1) is 0 Å². The lowest BCUT2D eigenvalue weighted by Gasteiger charge is -2.18. The van der Waals surface area contributed by atoms with Crippen molar-refractivity contribution in [3.05, 3.63) is 41.6 Å². The SMILES string of the molecule is CCCCCC(NN)c1cc(C)nc2ccccc12. The van der Waals surface area contributed by atoms with E-state index in [1.165, 1.54) is 30.2 Å². The molecule has 19 heavy (non-hydrogen) atoms. The Bertz CT molecular complexity index is 537. The molecule has 1 unspecified atom stereocenters. The second kappa shape index (κ2) is 6.64. The predicted molar refractivity (Wildman–Crippen MR) is 80.7 cm³/mol. The third-order valence-corrected chi connectivity index (χ3v) is 3.55. The van der Waals surface area contributed by atoms with Gasteiger partial charge in [0, 0.05) is 17.1 Å². The maximum absolute atomic E-state index is 5.76. The zero-order valence-electron chi connectivity index (χ0n) is 11.8. The largest absolute Gasteiger partial charge is 0.271 e. The first-order valence-electron chi connectivity index (χ1n) is 7.08. The van der Waals surface area contributed by atoms with Gasteiger partial charge >= 0.3 is 0 Å². The fraction of sp³-hybridized carbons (Fsp3) is 0.438. The molecule has 3 heteroatoms. The molecular formula is C16H23N3. The number of hydrazine groups is 1. The van der Waals surface area contributed by atoms with Crippen LogP contribution in [0.2, 0.25) is 0 Å². The molecule has 0 fully saturated rings. The standard InChI is InChI=1S/C16H23N3/c1-3-4-5-10-16(19-17)14-11-12(2)18-15-9-7-6-8-13(14)15/h6-9,11,16,19H,3-5,10,17H2,1-2H3. The first-order chi connectivity index (χ1) is 9.26. The number of nitrogens with one attached hydrogen (secondary N) is 1. The van der Waals surface area contributed by atoms with Crippen LogP contribution in [0.3, 0.4) is 0 Å².